The molecule has 2 bridgehead atoms. The van der Waals surface area contributed by atoms with Crippen molar-refractivity contribution < 1.29 is 14.9 Å². The van der Waals surface area contributed by atoms with E-state index in [0.29, 0.717) is 6.42 Å². The van der Waals surface area contributed by atoms with Crippen molar-refractivity contribution in [2.45, 2.75) is 79.8 Å². The van der Waals surface area contributed by atoms with E-state index in [4.69, 9.17) is 16.3 Å². The lowest BCUT2D eigenvalue weighted by Crippen LogP contribution is -2.68. The number of nitrogens with zero attached hydrogens (tertiary/aromatic N) is 2. The summed E-state index contributed by atoms with van der Waals surface area (Å²) in [7, 11) is 3.94. The minimum atomic E-state index is -0.949. The van der Waals surface area contributed by atoms with Crippen LogP contribution in [0.15, 0.2) is 54.4 Å². The molecule has 1 aromatic heterocycles. The molecule has 3 aliphatic carbocycles. The number of fused-ring (bicyclic) bond motifs is 2. The lowest BCUT2D eigenvalue weighted by molar-refractivity contribution is -0.199. The smallest absolute Gasteiger partial charge is 0.105 e. The second-order valence-corrected chi connectivity index (χ2v) is 13.1. The molecule has 8 unspecified atom stereocenters. The fourth-order valence-electron chi connectivity index (χ4n) is 8.68. The Morgan fingerprint density at radius 1 is 1.08 bits per heavy atom. The number of hydrogen-bond donors (Lipinski definition) is 2. The number of aliphatic hydroxyl groups is 2. The maximum atomic E-state index is 11.2. The highest BCUT2D eigenvalue weighted by molar-refractivity contribution is 6.26. The number of rotatable bonds is 2. The fourth-order valence-corrected chi connectivity index (χ4v) is 9.16. The highest BCUT2D eigenvalue weighted by atomic mass is 35.5. The number of pyridine rings is 1. The lowest BCUT2D eigenvalue weighted by Gasteiger charge is -2.61. The summed E-state index contributed by atoms with van der Waals surface area (Å²) in [5.74, 6) is 0.259. The Kier molecular flexibility index (Phi) is 4.82. The van der Waals surface area contributed by atoms with E-state index < -0.39 is 28.3 Å². The molecule has 2 saturated carbocycles. The summed E-state index contributed by atoms with van der Waals surface area (Å²) in [5, 5.41) is 24.5. The first-order valence-electron chi connectivity index (χ1n) is 13.3. The van der Waals surface area contributed by atoms with E-state index in [1.807, 2.05) is 31.4 Å². The van der Waals surface area contributed by atoms with Crippen LogP contribution in [0.3, 0.4) is 0 Å². The third-order valence-electron chi connectivity index (χ3n) is 10.6. The molecule has 6 heteroatoms. The average Bonchev–Trinajstić information content (AvgIpc) is 3.39. The van der Waals surface area contributed by atoms with E-state index in [2.05, 4.69) is 48.3 Å². The first-order valence-corrected chi connectivity index (χ1v) is 13.7. The minimum absolute atomic E-state index is 0.0428. The molecule has 0 radical (unpaired) electrons. The van der Waals surface area contributed by atoms with Crippen molar-refractivity contribution in [3.63, 3.8) is 0 Å². The molecule has 2 N–H and O–H groups in total. The van der Waals surface area contributed by atoms with E-state index in [-0.39, 0.29) is 17.4 Å². The number of benzene rings is 1. The van der Waals surface area contributed by atoms with Gasteiger partial charge in [-0.1, -0.05) is 31.2 Å². The van der Waals surface area contributed by atoms with Gasteiger partial charge in [0.1, 0.15) is 6.10 Å². The van der Waals surface area contributed by atoms with Gasteiger partial charge >= 0.3 is 0 Å². The fraction of sp³-hybridized carbons (Fsp3) is 0.567. The monoisotopic (exact) mass is 506 g/mol. The van der Waals surface area contributed by atoms with Crippen molar-refractivity contribution in [2.75, 3.05) is 14.1 Å². The topological polar surface area (TPSA) is 65.8 Å². The van der Waals surface area contributed by atoms with Crippen LogP contribution in [0.1, 0.15) is 51.0 Å². The predicted octanol–water partition coefficient (Wildman–Crippen LogP) is 4.70. The normalized spacial score (nSPS) is 45.2. The molecular formula is C30H35ClN2O3. The molecular weight excluding hydrogens is 472 g/mol. The average molecular weight is 507 g/mol. The molecule has 3 fully saturated rings. The van der Waals surface area contributed by atoms with Gasteiger partial charge in [-0.3, -0.25) is 4.98 Å². The molecule has 190 valence electrons. The third-order valence-corrected chi connectivity index (χ3v) is 11.2. The first-order chi connectivity index (χ1) is 17.1. The van der Waals surface area contributed by atoms with E-state index >= 15 is 0 Å². The van der Waals surface area contributed by atoms with Crippen molar-refractivity contribution in [3.05, 3.63) is 59.9 Å². The molecule has 2 aliphatic heterocycles. The van der Waals surface area contributed by atoms with Crippen molar-refractivity contribution in [2.24, 2.45) is 11.3 Å². The van der Waals surface area contributed by atoms with Crippen molar-refractivity contribution >= 4 is 27.9 Å². The van der Waals surface area contributed by atoms with Crippen LogP contribution in [0, 0.1) is 11.3 Å². The Bertz CT molecular complexity index is 1320. The Labute approximate surface area is 217 Å². The van der Waals surface area contributed by atoms with Gasteiger partial charge in [-0.05, 0) is 92.3 Å². The summed E-state index contributed by atoms with van der Waals surface area (Å²) in [6, 6.07) is 8.62. The van der Waals surface area contributed by atoms with Gasteiger partial charge in [-0.15, -0.1) is 11.6 Å². The second kappa shape index (κ2) is 7.42. The van der Waals surface area contributed by atoms with Crippen LogP contribution in [-0.2, 0) is 4.74 Å². The zero-order valence-corrected chi connectivity index (χ0v) is 22.0. The lowest BCUT2D eigenvalue weighted by atomic mass is 9.54. The molecule has 5 aliphatic rings. The van der Waals surface area contributed by atoms with Gasteiger partial charge in [0.15, 0.2) is 0 Å². The van der Waals surface area contributed by atoms with Crippen LogP contribution in [-0.4, -0.2) is 68.5 Å². The zero-order valence-electron chi connectivity index (χ0n) is 21.2. The second-order valence-electron chi connectivity index (χ2n) is 12.4. The summed E-state index contributed by atoms with van der Waals surface area (Å²) in [6.07, 6.45) is 11.6. The number of ether oxygens (including phenoxy) is 1. The number of aromatic nitrogens is 1. The standard InChI is InChI=1S/C30H35ClN2O3/c1-27-9-11-29(31)15-22-25(34)26(35)23(33(2)3)16-28(22)10-12-30(29,36-28)24(27)7-6-21(27)19-5-4-18-8-13-32-17-20(18)14-19/h4-6,8,13-15,17,23-26,34-35H,7,9-12,16H2,1-3H3. The number of alkyl halides is 1. The zero-order chi connectivity index (χ0) is 25.1. The van der Waals surface area contributed by atoms with Gasteiger partial charge in [-0.2, -0.15) is 0 Å². The Balaban J connectivity index is 1.30. The van der Waals surface area contributed by atoms with Crippen LogP contribution in [0.2, 0.25) is 0 Å². The van der Waals surface area contributed by atoms with Crippen LogP contribution < -0.4 is 0 Å². The summed E-state index contributed by atoms with van der Waals surface area (Å²) >= 11 is 7.55. The molecule has 8 atom stereocenters. The minimum Gasteiger partial charge on any atom is -0.388 e. The molecule has 1 aromatic carbocycles. The molecule has 7 rings (SSSR count). The Morgan fingerprint density at radius 3 is 2.72 bits per heavy atom. The Morgan fingerprint density at radius 2 is 1.92 bits per heavy atom. The summed E-state index contributed by atoms with van der Waals surface area (Å²) in [4.78, 5) is 5.68. The summed E-state index contributed by atoms with van der Waals surface area (Å²) in [5.41, 5.74) is 2.40. The molecule has 1 saturated heterocycles. The highest BCUT2D eigenvalue weighted by Gasteiger charge is 2.73. The third kappa shape index (κ3) is 2.79. The molecule has 3 heterocycles. The van der Waals surface area contributed by atoms with E-state index in [1.54, 1.807) is 0 Å². The van der Waals surface area contributed by atoms with Crippen LogP contribution in [0.25, 0.3) is 16.3 Å². The van der Waals surface area contributed by atoms with Crippen LogP contribution >= 0.6 is 11.6 Å². The van der Waals surface area contributed by atoms with Crippen molar-refractivity contribution in [1.82, 2.24) is 9.88 Å². The SMILES string of the molecule is CN(C)C1CC23CCC4(O2)C2CC=C(c5ccc6ccncc6c5)C2(C)CCC4(Cl)C=C3C(O)C1O. The Hall–Kier alpha value is -1.76. The molecule has 0 amide bonds. The summed E-state index contributed by atoms with van der Waals surface area (Å²) in [6.45, 7) is 2.41. The molecule has 2 spiro atoms. The number of halogens is 1. The van der Waals surface area contributed by atoms with Gasteiger partial charge in [0, 0.05) is 29.7 Å². The number of likely N-dealkylation sites (N-methyl/N-ethyl adjacent to an activating group) is 1. The number of aliphatic hydroxyl groups excluding tert-OH is 2. The van der Waals surface area contributed by atoms with E-state index in [0.717, 1.165) is 43.1 Å². The number of allylic oxidation sites excluding steroid dienone is 2. The quantitative estimate of drug-likeness (QED) is 0.456. The van der Waals surface area contributed by atoms with Gasteiger partial charge in [0.2, 0.25) is 0 Å². The maximum absolute atomic E-state index is 11.2. The summed E-state index contributed by atoms with van der Waals surface area (Å²) < 4.78 is 7.27. The largest absolute Gasteiger partial charge is 0.388 e. The first kappa shape index (κ1) is 23.4. The van der Waals surface area contributed by atoms with Gasteiger partial charge < -0.3 is 19.8 Å². The molecule has 2 aromatic rings. The van der Waals surface area contributed by atoms with Gasteiger partial charge in [0.05, 0.1) is 22.2 Å². The molecule has 36 heavy (non-hydrogen) atoms. The maximum Gasteiger partial charge on any atom is 0.105 e. The van der Waals surface area contributed by atoms with E-state index in [9.17, 15) is 10.2 Å². The number of hydrogen-bond acceptors (Lipinski definition) is 5. The van der Waals surface area contributed by atoms with Crippen LogP contribution in [0.5, 0.6) is 0 Å². The van der Waals surface area contributed by atoms with Gasteiger partial charge in [0.25, 0.3) is 0 Å². The van der Waals surface area contributed by atoms with Crippen molar-refractivity contribution in [1.29, 1.82) is 0 Å². The van der Waals surface area contributed by atoms with Gasteiger partial charge in [-0.25, -0.2) is 0 Å². The van der Waals surface area contributed by atoms with Crippen molar-refractivity contribution in [3.8, 4) is 0 Å². The predicted molar refractivity (Wildman–Crippen MR) is 142 cm³/mol. The molecule has 5 nitrogen and oxygen atoms in total. The van der Waals surface area contributed by atoms with E-state index in [1.165, 1.54) is 16.5 Å². The van der Waals surface area contributed by atoms with Crippen LogP contribution in [0.4, 0.5) is 0 Å². The highest BCUT2D eigenvalue weighted by Crippen LogP contribution is 2.71.